The summed E-state index contributed by atoms with van der Waals surface area (Å²) in [6.07, 6.45) is 0. The Balaban J connectivity index is 2.39. The second kappa shape index (κ2) is 5.24. The quantitative estimate of drug-likeness (QED) is 0.932. The van der Waals surface area contributed by atoms with Crippen LogP contribution in [0.25, 0.3) is 0 Å². The first-order chi connectivity index (χ1) is 8.97. The van der Waals surface area contributed by atoms with Crippen LogP contribution in [0, 0.1) is 12.7 Å². The van der Waals surface area contributed by atoms with Gasteiger partial charge in [-0.15, -0.1) is 0 Å². The number of pyridine rings is 1. The molecule has 2 rings (SSSR count). The average molecular weight is 282 g/mol. The second-order valence-electron chi connectivity index (χ2n) is 3.79. The summed E-state index contributed by atoms with van der Waals surface area (Å²) < 4.78 is 18.4. The number of rotatable bonds is 3. The van der Waals surface area contributed by atoms with Gasteiger partial charge in [0.1, 0.15) is 17.1 Å². The van der Waals surface area contributed by atoms with E-state index in [0.717, 1.165) is 6.07 Å². The molecule has 0 amide bonds. The molecule has 0 aliphatic heterocycles. The number of hydrogen-bond acceptors (Lipinski definition) is 3. The maximum absolute atomic E-state index is 13.0. The number of carboxylic acid groups (broad SMARTS) is 1. The van der Waals surface area contributed by atoms with E-state index < -0.39 is 11.8 Å². The highest BCUT2D eigenvalue weighted by molar-refractivity contribution is 6.30. The molecule has 1 aromatic heterocycles. The van der Waals surface area contributed by atoms with Gasteiger partial charge in [-0.2, -0.15) is 0 Å². The summed E-state index contributed by atoms with van der Waals surface area (Å²) in [4.78, 5) is 15.0. The summed E-state index contributed by atoms with van der Waals surface area (Å²) in [5, 5.41) is 8.92. The fraction of sp³-hybridized carbons (Fsp3) is 0.0769. The van der Waals surface area contributed by atoms with Crippen LogP contribution >= 0.6 is 11.6 Å². The fourth-order valence-corrected chi connectivity index (χ4v) is 1.60. The maximum atomic E-state index is 13.0. The van der Waals surface area contributed by atoms with Crippen LogP contribution in [0.1, 0.15) is 16.1 Å². The van der Waals surface area contributed by atoms with Gasteiger partial charge >= 0.3 is 5.97 Å². The van der Waals surface area contributed by atoms with Crippen LogP contribution in [0.2, 0.25) is 5.02 Å². The second-order valence-corrected chi connectivity index (χ2v) is 4.20. The third-order valence-electron chi connectivity index (χ3n) is 2.34. The SMILES string of the molecule is Cc1ccc(C(=O)O)c(Oc2ccc(F)c(Cl)c2)n1. The molecule has 4 nitrogen and oxygen atoms in total. The monoisotopic (exact) mass is 281 g/mol. The van der Waals surface area contributed by atoms with E-state index in [9.17, 15) is 9.18 Å². The molecular weight excluding hydrogens is 273 g/mol. The lowest BCUT2D eigenvalue weighted by Crippen LogP contribution is -2.02. The first kappa shape index (κ1) is 13.3. The van der Waals surface area contributed by atoms with Crippen LogP contribution in [0.3, 0.4) is 0 Å². The zero-order valence-corrected chi connectivity index (χ0v) is 10.6. The van der Waals surface area contributed by atoms with Crippen molar-refractivity contribution in [2.24, 2.45) is 0 Å². The summed E-state index contributed by atoms with van der Waals surface area (Å²) in [7, 11) is 0. The van der Waals surface area contributed by atoms with E-state index in [1.54, 1.807) is 13.0 Å². The minimum absolute atomic E-state index is 0.0600. The molecular formula is C13H9ClFNO3. The predicted octanol–water partition coefficient (Wildman–Crippen LogP) is 3.67. The van der Waals surface area contributed by atoms with Gasteiger partial charge in [0.05, 0.1) is 5.02 Å². The predicted molar refractivity (Wildman–Crippen MR) is 67.4 cm³/mol. The normalized spacial score (nSPS) is 10.3. The van der Waals surface area contributed by atoms with Gasteiger partial charge in [-0.05, 0) is 31.2 Å². The summed E-state index contributed by atoms with van der Waals surface area (Å²) in [6, 6.07) is 6.69. The van der Waals surface area contributed by atoms with Crippen LogP contribution in [0.5, 0.6) is 11.6 Å². The molecule has 0 aliphatic rings. The van der Waals surface area contributed by atoms with Crippen LogP contribution in [0.4, 0.5) is 4.39 Å². The van der Waals surface area contributed by atoms with Gasteiger partial charge in [-0.3, -0.25) is 0 Å². The molecule has 1 N–H and O–H groups in total. The molecule has 19 heavy (non-hydrogen) atoms. The van der Waals surface area contributed by atoms with E-state index in [-0.39, 0.29) is 22.2 Å². The van der Waals surface area contributed by atoms with E-state index >= 15 is 0 Å². The molecule has 1 heterocycles. The zero-order chi connectivity index (χ0) is 14.0. The average Bonchev–Trinajstić information content (AvgIpc) is 2.33. The summed E-state index contributed by atoms with van der Waals surface area (Å²) in [5.41, 5.74) is 0.527. The standard InChI is InChI=1S/C13H9ClFNO3/c1-7-2-4-9(13(17)18)12(16-7)19-8-3-5-11(15)10(14)6-8/h2-6H,1H3,(H,17,18). The lowest BCUT2D eigenvalue weighted by atomic mass is 10.2. The topological polar surface area (TPSA) is 59.4 Å². The third kappa shape index (κ3) is 3.00. The van der Waals surface area contributed by atoms with Gasteiger partial charge in [-0.1, -0.05) is 11.6 Å². The Morgan fingerprint density at radius 2 is 2.11 bits per heavy atom. The van der Waals surface area contributed by atoms with Crippen LogP contribution in [-0.2, 0) is 0 Å². The Morgan fingerprint density at radius 1 is 1.37 bits per heavy atom. The molecule has 0 bridgehead atoms. The van der Waals surface area contributed by atoms with Crippen molar-refractivity contribution in [1.29, 1.82) is 0 Å². The van der Waals surface area contributed by atoms with Gasteiger partial charge in [0.25, 0.3) is 0 Å². The Kier molecular flexibility index (Phi) is 3.66. The highest BCUT2D eigenvalue weighted by Gasteiger charge is 2.14. The number of aryl methyl sites for hydroxylation is 1. The molecule has 0 saturated heterocycles. The minimum Gasteiger partial charge on any atom is -0.477 e. The van der Waals surface area contributed by atoms with Crippen molar-refractivity contribution in [3.63, 3.8) is 0 Å². The number of aromatic carboxylic acids is 1. The number of carbonyl (C=O) groups is 1. The van der Waals surface area contributed by atoms with Gasteiger partial charge in [0, 0.05) is 11.8 Å². The van der Waals surface area contributed by atoms with Gasteiger partial charge < -0.3 is 9.84 Å². The van der Waals surface area contributed by atoms with E-state index in [2.05, 4.69) is 4.98 Å². The van der Waals surface area contributed by atoms with Gasteiger partial charge in [-0.25, -0.2) is 14.2 Å². The number of carboxylic acids is 1. The van der Waals surface area contributed by atoms with E-state index in [1.165, 1.54) is 18.2 Å². The Bertz CT molecular complexity index is 646. The number of halogens is 2. The summed E-state index contributed by atoms with van der Waals surface area (Å²) in [6.45, 7) is 1.70. The molecule has 0 fully saturated rings. The zero-order valence-electron chi connectivity index (χ0n) is 9.85. The lowest BCUT2D eigenvalue weighted by molar-refractivity contribution is 0.0693. The molecule has 0 aliphatic carbocycles. The van der Waals surface area contributed by atoms with Crippen molar-refractivity contribution >= 4 is 17.6 Å². The number of benzene rings is 1. The van der Waals surface area contributed by atoms with Crippen LogP contribution in [0.15, 0.2) is 30.3 Å². The lowest BCUT2D eigenvalue weighted by Gasteiger charge is -2.08. The first-order valence-electron chi connectivity index (χ1n) is 5.31. The van der Waals surface area contributed by atoms with Gasteiger partial charge in [0.2, 0.25) is 5.88 Å². The van der Waals surface area contributed by atoms with E-state index in [4.69, 9.17) is 21.4 Å². The van der Waals surface area contributed by atoms with Crippen molar-refractivity contribution < 1.29 is 19.0 Å². The van der Waals surface area contributed by atoms with Crippen LogP contribution in [-0.4, -0.2) is 16.1 Å². The van der Waals surface area contributed by atoms with Crippen molar-refractivity contribution in [3.8, 4) is 11.6 Å². The molecule has 98 valence electrons. The maximum Gasteiger partial charge on any atom is 0.341 e. The van der Waals surface area contributed by atoms with E-state index in [1.807, 2.05) is 0 Å². The molecule has 0 atom stereocenters. The molecule has 0 saturated carbocycles. The first-order valence-corrected chi connectivity index (χ1v) is 5.69. The molecule has 1 aromatic carbocycles. The van der Waals surface area contributed by atoms with Crippen molar-refractivity contribution in [1.82, 2.24) is 4.98 Å². The number of hydrogen-bond donors (Lipinski definition) is 1. The molecule has 0 spiro atoms. The molecule has 2 aromatic rings. The Labute approximate surface area is 113 Å². The third-order valence-corrected chi connectivity index (χ3v) is 2.63. The van der Waals surface area contributed by atoms with Crippen molar-refractivity contribution in [2.75, 3.05) is 0 Å². The molecule has 0 radical (unpaired) electrons. The number of nitrogens with zero attached hydrogens (tertiary/aromatic N) is 1. The summed E-state index contributed by atoms with van der Waals surface area (Å²) >= 11 is 5.62. The highest BCUT2D eigenvalue weighted by Crippen LogP contribution is 2.27. The fourth-order valence-electron chi connectivity index (χ4n) is 1.43. The minimum atomic E-state index is -1.16. The largest absolute Gasteiger partial charge is 0.477 e. The number of aromatic nitrogens is 1. The smallest absolute Gasteiger partial charge is 0.341 e. The van der Waals surface area contributed by atoms with E-state index in [0.29, 0.717) is 5.69 Å². The molecule has 6 heteroatoms. The summed E-state index contributed by atoms with van der Waals surface area (Å²) in [5.74, 6) is -1.58. The molecule has 0 unspecified atom stereocenters. The Morgan fingerprint density at radius 3 is 2.74 bits per heavy atom. The highest BCUT2D eigenvalue weighted by atomic mass is 35.5. The van der Waals surface area contributed by atoms with Gasteiger partial charge in [0.15, 0.2) is 0 Å². The Hall–Kier alpha value is -2.14. The van der Waals surface area contributed by atoms with Crippen molar-refractivity contribution in [3.05, 3.63) is 52.4 Å². The number of ether oxygens (including phenoxy) is 1. The van der Waals surface area contributed by atoms with Crippen LogP contribution < -0.4 is 4.74 Å². The van der Waals surface area contributed by atoms with Crippen molar-refractivity contribution in [2.45, 2.75) is 6.92 Å².